The third-order valence-electron chi connectivity index (χ3n) is 3.45. The van der Waals surface area contributed by atoms with Crippen LogP contribution in [0.4, 0.5) is 0 Å². The fourth-order valence-corrected chi connectivity index (χ4v) is 2.51. The van der Waals surface area contributed by atoms with Crippen LogP contribution in [0.15, 0.2) is 70.9 Å². The topological polar surface area (TPSA) is 77.3 Å². The minimum absolute atomic E-state index is 0. The molecule has 0 saturated carbocycles. The van der Waals surface area contributed by atoms with Gasteiger partial charge in [0, 0.05) is 31.6 Å². The van der Waals surface area contributed by atoms with Gasteiger partial charge in [-0.1, -0.05) is 85.1 Å². The maximum Gasteiger partial charge on any atom is 2.00 e. The summed E-state index contributed by atoms with van der Waals surface area (Å²) < 4.78 is 0. The fourth-order valence-electron chi connectivity index (χ4n) is 2.16. The van der Waals surface area contributed by atoms with Crippen molar-refractivity contribution in [1.29, 1.82) is 0 Å². The quantitative estimate of drug-likeness (QED) is 0.214. The molecule has 2 aromatic carbocycles. The Hall–Kier alpha value is -2.35. The van der Waals surface area contributed by atoms with Crippen LogP contribution >= 0.6 is 24.4 Å². The predicted molar refractivity (Wildman–Crippen MR) is 111 cm³/mol. The number of benzene rings is 2. The number of hydrogen-bond donors (Lipinski definition) is 0. The van der Waals surface area contributed by atoms with E-state index in [0.29, 0.717) is 9.98 Å². The average molecular weight is 457 g/mol. The Kier molecular flexibility index (Phi) is 9.72. The molecule has 0 unspecified atom stereocenters. The zero-order chi connectivity index (χ0) is 19.8. The molecule has 9 heteroatoms. The minimum Gasteiger partial charge on any atom is -0.860 e. The van der Waals surface area contributed by atoms with Crippen LogP contribution in [0.2, 0.25) is 0 Å². The zero-order valence-corrected chi connectivity index (χ0v) is 17.8. The summed E-state index contributed by atoms with van der Waals surface area (Å²) in [5.74, 6) is -1.27. The van der Waals surface area contributed by atoms with Crippen molar-refractivity contribution in [3.8, 4) is 0 Å². The van der Waals surface area contributed by atoms with Crippen LogP contribution in [-0.2, 0) is 16.5 Å². The van der Waals surface area contributed by atoms with E-state index in [0.717, 1.165) is 11.1 Å². The maximum atomic E-state index is 12.0. The van der Waals surface area contributed by atoms with Gasteiger partial charge in [0.1, 0.15) is 9.98 Å². The summed E-state index contributed by atoms with van der Waals surface area (Å²) in [5, 5.41) is 34.2. The molecular formula is C19H18N4NiO2S2. The first-order valence-corrected chi connectivity index (χ1v) is 8.85. The van der Waals surface area contributed by atoms with E-state index in [4.69, 9.17) is 24.4 Å². The van der Waals surface area contributed by atoms with E-state index in [-0.39, 0.29) is 16.5 Å². The molecule has 0 amide bonds. The summed E-state index contributed by atoms with van der Waals surface area (Å²) in [6.45, 7) is 0. The summed E-state index contributed by atoms with van der Waals surface area (Å²) in [6.07, 6.45) is -0.469. The largest absolute Gasteiger partial charge is 2.00 e. The van der Waals surface area contributed by atoms with E-state index in [9.17, 15) is 10.2 Å². The van der Waals surface area contributed by atoms with Crippen LogP contribution in [-0.4, -0.2) is 45.9 Å². The SMILES string of the molecule is CN(/N=C(\[O-])C/C([O-])=N/N(C)C(=S)c1ccccc1)C(=S)c1ccccc1.[Ni+2]. The van der Waals surface area contributed by atoms with Crippen molar-refractivity contribution in [2.75, 3.05) is 14.1 Å². The average Bonchev–Trinajstić information content (AvgIpc) is 2.67. The maximum absolute atomic E-state index is 12.0. The van der Waals surface area contributed by atoms with E-state index in [1.807, 2.05) is 60.7 Å². The van der Waals surface area contributed by atoms with Gasteiger partial charge in [-0.15, -0.1) is 0 Å². The van der Waals surface area contributed by atoms with E-state index in [1.54, 1.807) is 14.1 Å². The van der Waals surface area contributed by atoms with Crippen molar-refractivity contribution >= 4 is 46.2 Å². The summed E-state index contributed by atoms with van der Waals surface area (Å²) in [5.41, 5.74) is 1.52. The Morgan fingerprint density at radius 1 is 0.750 bits per heavy atom. The van der Waals surface area contributed by atoms with Gasteiger partial charge in [-0.25, -0.2) is 0 Å². The molecule has 0 atom stereocenters. The number of nitrogens with zero attached hydrogens (tertiary/aromatic N) is 4. The third kappa shape index (κ3) is 7.00. The normalized spacial score (nSPS) is 11.4. The van der Waals surface area contributed by atoms with Crippen molar-refractivity contribution in [2.45, 2.75) is 6.42 Å². The van der Waals surface area contributed by atoms with Crippen molar-refractivity contribution in [1.82, 2.24) is 10.0 Å². The van der Waals surface area contributed by atoms with Gasteiger partial charge < -0.3 is 10.2 Å². The molecule has 0 spiro atoms. The smallest absolute Gasteiger partial charge is 0.860 e. The van der Waals surface area contributed by atoms with Gasteiger partial charge in [0.25, 0.3) is 0 Å². The first-order chi connectivity index (χ1) is 12.9. The van der Waals surface area contributed by atoms with Crippen LogP contribution in [0.1, 0.15) is 17.5 Å². The van der Waals surface area contributed by atoms with E-state index in [2.05, 4.69) is 10.2 Å². The van der Waals surface area contributed by atoms with Gasteiger partial charge in [-0.2, -0.15) is 10.2 Å². The molecule has 0 heterocycles. The molecule has 0 aromatic heterocycles. The molecule has 0 aliphatic heterocycles. The molecule has 0 aliphatic carbocycles. The van der Waals surface area contributed by atoms with Gasteiger partial charge in [-0.3, -0.25) is 10.0 Å². The zero-order valence-electron chi connectivity index (χ0n) is 15.2. The first kappa shape index (κ1) is 23.7. The summed E-state index contributed by atoms with van der Waals surface area (Å²) in [6, 6.07) is 18.4. The molecular weight excluding hydrogens is 439 g/mol. The molecule has 0 bridgehead atoms. The molecule has 0 radical (unpaired) electrons. The second kappa shape index (κ2) is 11.5. The predicted octanol–water partition coefficient (Wildman–Crippen LogP) is 1.34. The first-order valence-electron chi connectivity index (χ1n) is 8.03. The van der Waals surface area contributed by atoms with Gasteiger partial charge in [0.2, 0.25) is 0 Å². The third-order valence-corrected chi connectivity index (χ3v) is 4.45. The Morgan fingerprint density at radius 2 is 1.07 bits per heavy atom. The second-order valence-electron chi connectivity index (χ2n) is 5.55. The van der Waals surface area contributed by atoms with Crippen LogP contribution in [0.25, 0.3) is 0 Å². The van der Waals surface area contributed by atoms with Gasteiger partial charge in [0.05, 0.1) is 0 Å². The summed E-state index contributed by atoms with van der Waals surface area (Å²) in [7, 11) is 3.12. The van der Waals surface area contributed by atoms with Gasteiger partial charge in [-0.05, 0) is 11.8 Å². The summed E-state index contributed by atoms with van der Waals surface area (Å²) in [4.78, 5) is 0.770. The standard InChI is InChI=1S/C19H20N4O2S2.Ni/c1-22(18(26)14-9-5-3-6-10-14)20-16(24)13-17(25)21-23(2)19(27)15-11-7-4-8-12-15;/h3-12H,13H2,1-2H3,(H,20,24)(H,21,25);/q;+2/p-2. The van der Waals surface area contributed by atoms with Crippen LogP contribution in [0.3, 0.4) is 0 Å². The van der Waals surface area contributed by atoms with Crippen molar-refractivity contribution in [2.24, 2.45) is 10.2 Å². The van der Waals surface area contributed by atoms with Crippen molar-refractivity contribution in [3.63, 3.8) is 0 Å². The second-order valence-corrected chi connectivity index (χ2v) is 6.33. The fraction of sp³-hybridized carbons (Fsp3) is 0.158. The molecule has 28 heavy (non-hydrogen) atoms. The van der Waals surface area contributed by atoms with Crippen molar-refractivity contribution < 1.29 is 26.7 Å². The Labute approximate surface area is 185 Å². The van der Waals surface area contributed by atoms with E-state index >= 15 is 0 Å². The van der Waals surface area contributed by atoms with Crippen LogP contribution in [0, 0.1) is 0 Å². The monoisotopic (exact) mass is 456 g/mol. The number of rotatable bonds is 6. The molecule has 6 nitrogen and oxygen atoms in total. The van der Waals surface area contributed by atoms with Gasteiger partial charge >= 0.3 is 16.5 Å². The summed E-state index contributed by atoms with van der Waals surface area (Å²) >= 11 is 10.6. The number of hydrogen-bond acceptors (Lipinski definition) is 6. The molecule has 2 rings (SSSR count). The van der Waals surface area contributed by atoms with E-state index in [1.165, 1.54) is 10.0 Å². The molecule has 0 N–H and O–H groups in total. The molecule has 2 aromatic rings. The van der Waals surface area contributed by atoms with E-state index < -0.39 is 18.2 Å². The van der Waals surface area contributed by atoms with Crippen LogP contribution < -0.4 is 10.2 Å². The van der Waals surface area contributed by atoms with Gasteiger partial charge in [0.15, 0.2) is 0 Å². The molecule has 0 aliphatic rings. The Bertz CT molecular complexity index is 789. The Morgan fingerprint density at radius 3 is 1.39 bits per heavy atom. The number of thiocarbonyl (C=S) groups is 2. The van der Waals surface area contributed by atoms with Crippen molar-refractivity contribution in [3.05, 3.63) is 71.8 Å². The van der Waals surface area contributed by atoms with Crippen LogP contribution in [0.5, 0.6) is 0 Å². The Balaban J connectivity index is 0.00000392. The molecule has 0 fully saturated rings. The molecule has 0 saturated heterocycles. The minimum atomic E-state index is -0.636. The molecule has 148 valence electrons. The number of hydrazone groups is 2.